The van der Waals surface area contributed by atoms with Crippen molar-refractivity contribution in [3.05, 3.63) is 24.3 Å². The highest BCUT2D eigenvalue weighted by Crippen LogP contribution is 2.28. The standard InChI is InChI=1S/C12H12N2O3S/c1-8(15)14(7-6-11(16)17)12-13-9-4-2-3-5-10(9)18-12/h2-5H,6-7H2,1H3,(H,16,17). The zero-order chi connectivity index (χ0) is 13.1. The second-order valence-corrected chi connectivity index (χ2v) is 4.79. The van der Waals surface area contributed by atoms with Crippen LogP contribution in [0.15, 0.2) is 24.3 Å². The lowest BCUT2D eigenvalue weighted by atomic mass is 10.3. The minimum Gasteiger partial charge on any atom is -0.481 e. The van der Waals surface area contributed by atoms with Crippen molar-refractivity contribution in [1.29, 1.82) is 0 Å². The Hall–Kier alpha value is -1.95. The van der Waals surface area contributed by atoms with Crippen LogP contribution in [0.25, 0.3) is 10.2 Å². The fourth-order valence-corrected chi connectivity index (χ4v) is 2.61. The first-order valence-corrected chi connectivity index (χ1v) is 6.25. The molecule has 6 heteroatoms. The topological polar surface area (TPSA) is 70.5 Å². The van der Waals surface area contributed by atoms with Crippen LogP contribution in [-0.2, 0) is 9.59 Å². The molecular formula is C12H12N2O3S. The van der Waals surface area contributed by atoms with Gasteiger partial charge in [0.05, 0.1) is 16.6 Å². The van der Waals surface area contributed by atoms with Crippen molar-refractivity contribution in [3.8, 4) is 0 Å². The number of anilines is 1. The molecule has 0 aliphatic heterocycles. The maximum Gasteiger partial charge on any atom is 0.305 e. The Balaban J connectivity index is 2.29. The van der Waals surface area contributed by atoms with Crippen LogP contribution in [0.2, 0.25) is 0 Å². The first-order chi connectivity index (χ1) is 8.58. The van der Waals surface area contributed by atoms with Crippen molar-refractivity contribution in [2.45, 2.75) is 13.3 Å². The van der Waals surface area contributed by atoms with Gasteiger partial charge in [0.15, 0.2) is 5.13 Å². The lowest BCUT2D eigenvalue weighted by molar-refractivity contribution is -0.136. The molecule has 0 fully saturated rings. The summed E-state index contributed by atoms with van der Waals surface area (Å²) in [4.78, 5) is 27.9. The van der Waals surface area contributed by atoms with E-state index < -0.39 is 5.97 Å². The molecule has 0 aliphatic rings. The summed E-state index contributed by atoms with van der Waals surface area (Å²) in [7, 11) is 0. The fraction of sp³-hybridized carbons (Fsp3) is 0.250. The predicted octanol–water partition coefficient (Wildman–Crippen LogP) is 2.12. The van der Waals surface area contributed by atoms with Gasteiger partial charge in [-0.25, -0.2) is 4.98 Å². The van der Waals surface area contributed by atoms with Gasteiger partial charge in [0.2, 0.25) is 5.91 Å². The average molecular weight is 264 g/mol. The Morgan fingerprint density at radius 2 is 2.11 bits per heavy atom. The molecule has 0 unspecified atom stereocenters. The third-order valence-corrected chi connectivity index (χ3v) is 3.50. The maximum atomic E-state index is 11.5. The number of carbonyl (C=O) groups is 2. The highest BCUT2D eigenvalue weighted by Gasteiger charge is 2.17. The molecule has 1 N–H and O–H groups in total. The Kier molecular flexibility index (Phi) is 3.57. The van der Waals surface area contributed by atoms with Gasteiger partial charge in [0, 0.05) is 13.5 Å². The number of fused-ring (bicyclic) bond motifs is 1. The first-order valence-electron chi connectivity index (χ1n) is 5.43. The molecule has 18 heavy (non-hydrogen) atoms. The van der Waals surface area contributed by atoms with E-state index in [0.717, 1.165) is 10.2 Å². The Morgan fingerprint density at radius 1 is 1.39 bits per heavy atom. The molecule has 1 heterocycles. The summed E-state index contributed by atoms with van der Waals surface area (Å²) in [5.74, 6) is -1.13. The van der Waals surface area contributed by atoms with Crippen LogP contribution in [0.5, 0.6) is 0 Å². The molecule has 1 aromatic heterocycles. The molecule has 1 aromatic carbocycles. The van der Waals surface area contributed by atoms with Crippen LogP contribution >= 0.6 is 11.3 Å². The molecule has 0 spiro atoms. The number of aliphatic carboxylic acids is 1. The molecule has 2 aromatic rings. The molecule has 0 bridgehead atoms. The number of carboxylic acid groups (broad SMARTS) is 1. The summed E-state index contributed by atoms with van der Waals surface area (Å²) in [6.07, 6.45) is -0.0878. The number of carbonyl (C=O) groups excluding carboxylic acids is 1. The molecule has 0 radical (unpaired) electrons. The summed E-state index contributed by atoms with van der Waals surface area (Å²) in [6, 6.07) is 7.57. The number of para-hydroxylation sites is 1. The van der Waals surface area contributed by atoms with E-state index >= 15 is 0 Å². The molecule has 0 saturated heterocycles. The summed E-state index contributed by atoms with van der Waals surface area (Å²) in [6.45, 7) is 1.55. The van der Waals surface area contributed by atoms with Gasteiger partial charge in [-0.3, -0.25) is 14.5 Å². The lowest BCUT2D eigenvalue weighted by Crippen LogP contribution is -2.30. The van der Waals surface area contributed by atoms with Gasteiger partial charge in [-0.15, -0.1) is 0 Å². The summed E-state index contributed by atoms with van der Waals surface area (Å²) in [5, 5.41) is 9.22. The quantitative estimate of drug-likeness (QED) is 0.918. The van der Waals surface area contributed by atoms with Gasteiger partial charge in [-0.2, -0.15) is 0 Å². The van der Waals surface area contributed by atoms with Crippen LogP contribution < -0.4 is 4.90 Å². The van der Waals surface area contributed by atoms with Crippen LogP contribution in [0.3, 0.4) is 0 Å². The number of nitrogens with zero attached hydrogens (tertiary/aromatic N) is 2. The maximum absolute atomic E-state index is 11.5. The van der Waals surface area contributed by atoms with Gasteiger partial charge < -0.3 is 5.11 Å². The number of benzene rings is 1. The van der Waals surface area contributed by atoms with Gasteiger partial charge >= 0.3 is 5.97 Å². The summed E-state index contributed by atoms with van der Waals surface area (Å²) < 4.78 is 0.981. The van der Waals surface area contributed by atoms with Gasteiger partial charge in [0.25, 0.3) is 0 Å². The van der Waals surface area contributed by atoms with E-state index in [0.29, 0.717) is 5.13 Å². The van der Waals surface area contributed by atoms with Crippen LogP contribution in [0.1, 0.15) is 13.3 Å². The zero-order valence-electron chi connectivity index (χ0n) is 9.79. The highest BCUT2D eigenvalue weighted by atomic mass is 32.1. The molecule has 5 nitrogen and oxygen atoms in total. The molecule has 0 saturated carbocycles. The predicted molar refractivity (Wildman–Crippen MR) is 69.9 cm³/mol. The minimum absolute atomic E-state index is 0.0878. The highest BCUT2D eigenvalue weighted by molar-refractivity contribution is 7.22. The van der Waals surface area contributed by atoms with E-state index in [4.69, 9.17) is 5.11 Å². The van der Waals surface area contributed by atoms with Crippen LogP contribution in [-0.4, -0.2) is 28.5 Å². The van der Waals surface area contributed by atoms with Crippen LogP contribution in [0, 0.1) is 0 Å². The second-order valence-electron chi connectivity index (χ2n) is 3.78. The second kappa shape index (κ2) is 5.14. The number of thiazole rings is 1. The third kappa shape index (κ3) is 2.65. The van der Waals surface area contributed by atoms with Crippen molar-refractivity contribution in [3.63, 3.8) is 0 Å². The smallest absolute Gasteiger partial charge is 0.305 e. The van der Waals surface area contributed by atoms with Gasteiger partial charge in [-0.1, -0.05) is 23.5 Å². The monoisotopic (exact) mass is 264 g/mol. The average Bonchev–Trinajstić information content (AvgIpc) is 2.71. The fourth-order valence-electron chi connectivity index (χ4n) is 1.57. The number of hydrogen-bond acceptors (Lipinski definition) is 4. The van der Waals surface area contributed by atoms with Gasteiger partial charge in [0.1, 0.15) is 0 Å². The summed E-state index contributed by atoms with van der Waals surface area (Å²) >= 11 is 1.39. The van der Waals surface area contributed by atoms with E-state index in [1.54, 1.807) is 0 Å². The van der Waals surface area contributed by atoms with E-state index in [9.17, 15) is 9.59 Å². The minimum atomic E-state index is -0.928. The molecular weight excluding hydrogens is 252 g/mol. The third-order valence-electron chi connectivity index (χ3n) is 2.44. The zero-order valence-corrected chi connectivity index (χ0v) is 10.6. The summed E-state index contributed by atoms with van der Waals surface area (Å²) in [5.41, 5.74) is 0.819. The number of hydrogen-bond donors (Lipinski definition) is 1. The van der Waals surface area contributed by atoms with E-state index in [2.05, 4.69) is 4.98 Å². The molecule has 94 valence electrons. The number of aromatic nitrogens is 1. The van der Waals surface area contributed by atoms with E-state index in [1.165, 1.54) is 23.2 Å². The van der Waals surface area contributed by atoms with Crippen molar-refractivity contribution in [2.24, 2.45) is 0 Å². The number of rotatable bonds is 4. The number of amides is 1. The molecule has 0 atom stereocenters. The van der Waals surface area contributed by atoms with Gasteiger partial charge in [-0.05, 0) is 12.1 Å². The first kappa shape index (κ1) is 12.5. The molecule has 1 amide bonds. The number of carboxylic acids is 1. The van der Waals surface area contributed by atoms with Crippen molar-refractivity contribution >= 4 is 38.6 Å². The Morgan fingerprint density at radius 3 is 2.72 bits per heavy atom. The Bertz CT molecular complexity index is 561. The largest absolute Gasteiger partial charge is 0.481 e. The normalized spacial score (nSPS) is 10.5. The van der Waals surface area contributed by atoms with Crippen molar-refractivity contribution < 1.29 is 14.7 Å². The lowest BCUT2D eigenvalue weighted by Gasteiger charge is -2.16. The molecule has 2 rings (SSSR count). The van der Waals surface area contributed by atoms with E-state index in [1.807, 2.05) is 24.3 Å². The van der Waals surface area contributed by atoms with E-state index in [-0.39, 0.29) is 18.9 Å². The molecule has 0 aliphatic carbocycles. The van der Waals surface area contributed by atoms with Crippen LogP contribution in [0.4, 0.5) is 5.13 Å². The SMILES string of the molecule is CC(=O)N(CCC(=O)O)c1nc2ccccc2s1. The van der Waals surface area contributed by atoms with Crippen molar-refractivity contribution in [2.75, 3.05) is 11.4 Å². The van der Waals surface area contributed by atoms with Crippen molar-refractivity contribution in [1.82, 2.24) is 4.98 Å². The Labute approximate surface area is 108 Å².